The predicted molar refractivity (Wildman–Crippen MR) is 64.7 cm³/mol. The summed E-state index contributed by atoms with van der Waals surface area (Å²) in [4.78, 5) is 16.3. The molecular formula is C13H22N2O2. The number of carbonyl (C=O) groups excluding carboxylic acids is 1. The van der Waals surface area contributed by atoms with Gasteiger partial charge in [-0.15, -0.1) is 0 Å². The SMILES string of the molecule is CC(C)N1CCC2(CC1)CN(C(=O)C1CO1)C2. The lowest BCUT2D eigenvalue weighted by Crippen LogP contribution is -2.63. The lowest BCUT2D eigenvalue weighted by atomic mass is 9.71. The molecule has 0 aromatic rings. The lowest BCUT2D eigenvalue weighted by Gasteiger charge is -2.54. The Bertz CT molecular complexity index is 309. The van der Waals surface area contributed by atoms with Crippen molar-refractivity contribution in [2.75, 3.05) is 32.8 Å². The summed E-state index contributed by atoms with van der Waals surface area (Å²) in [6.07, 6.45) is 2.41. The number of hydrogen-bond acceptors (Lipinski definition) is 3. The van der Waals surface area contributed by atoms with Crippen LogP contribution in [0.3, 0.4) is 0 Å². The summed E-state index contributed by atoms with van der Waals surface area (Å²) in [5.41, 5.74) is 0.440. The molecule has 4 heteroatoms. The van der Waals surface area contributed by atoms with E-state index in [0.29, 0.717) is 18.1 Å². The van der Waals surface area contributed by atoms with E-state index in [-0.39, 0.29) is 12.0 Å². The number of piperidine rings is 1. The highest BCUT2D eigenvalue weighted by Gasteiger charge is 2.49. The first-order chi connectivity index (χ1) is 8.10. The van der Waals surface area contributed by atoms with Gasteiger partial charge in [0.2, 0.25) is 0 Å². The van der Waals surface area contributed by atoms with E-state index < -0.39 is 0 Å². The van der Waals surface area contributed by atoms with Gasteiger partial charge in [0.15, 0.2) is 6.10 Å². The summed E-state index contributed by atoms with van der Waals surface area (Å²) in [6, 6.07) is 0.657. The average molecular weight is 238 g/mol. The highest BCUT2D eigenvalue weighted by molar-refractivity contribution is 5.83. The first-order valence-electron chi connectivity index (χ1n) is 6.74. The zero-order valence-corrected chi connectivity index (χ0v) is 10.8. The van der Waals surface area contributed by atoms with Crippen molar-refractivity contribution >= 4 is 5.91 Å². The Kier molecular flexibility index (Phi) is 2.67. The molecule has 96 valence electrons. The molecular weight excluding hydrogens is 216 g/mol. The standard InChI is InChI=1S/C13H22N2O2/c1-10(2)14-5-3-13(4-6-14)8-15(9-13)12(16)11-7-17-11/h10-11H,3-9H2,1-2H3. The van der Waals surface area contributed by atoms with Gasteiger partial charge >= 0.3 is 0 Å². The van der Waals surface area contributed by atoms with Gasteiger partial charge in [-0.25, -0.2) is 0 Å². The van der Waals surface area contributed by atoms with Crippen molar-refractivity contribution in [3.63, 3.8) is 0 Å². The minimum atomic E-state index is -0.0943. The Morgan fingerprint density at radius 1 is 1.29 bits per heavy atom. The topological polar surface area (TPSA) is 36.1 Å². The molecule has 0 saturated carbocycles. The molecule has 3 fully saturated rings. The van der Waals surface area contributed by atoms with Gasteiger partial charge in [0.25, 0.3) is 5.91 Å². The third-order valence-corrected chi connectivity index (χ3v) is 4.56. The van der Waals surface area contributed by atoms with Crippen molar-refractivity contribution in [1.82, 2.24) is 9.80 Å². The number of hydrogen-bond donors (Lipinski definition) is 0. The molecule has 0 aliphatic carbocycles. The molecule has 4 nitrogen and oxygen atoms in total. The van der Waals surface area contributed by atoms with E-state index in [1.807, 2.05) is 4.90 Å². The van der Waals surface area contributed by atoms with Crippen LogP contribution in [0, 0.1) is 5.41 Å². The molecule has 1 atom stereocenters. The van der Waals surface area contributed by atoms with Crippen LogP contribution >= 0.6 is 0 Å². The number of ether oxygens (including phenoxy) is 1. The summed E-state index contributed by atoms with van der Waals surface area (Å²) in [7, 11) is 0. The second kappa shape index (κ2) is 3.95. The maximum Gasteiger partial charge on any atom is 0.254 e. The smallest absolute Gasteiger partial charge is 0.254 e. The molecule has 0 N–H and O–H groups in total. The fraction of sp³-hybridized carbons (Fsp3) is 0.923. The van der Waals surface area contributed by atoms with Gasteiger partial charge in [-0.1, -0.05) is 0 Å². The van der Waals surface area contributed by atoms with Crippen LogP contribution in [0.2, 0.25) is 0 Å². The Balaban J connectivity index is 1.49. The summed E-state index contributed by atoms with van der Waals surface area (Å²) >= 11 is 0. The largest absolute Gasteiger partial charge is 0.363 e. The Hall–Kier alpha value is -0.610. The van der Waals surface area contributed by atoms with Crippen LogP contribution in [-0.4, -0.2) is 60.6 Å². The van der Waals surface area contributed by atoms with E-state index in [1.54, 1.807) is 0 Å². The number of likely N-dealkylation sites (tertiary alicyclic amines) is 2. The molecule has 17 heavy (non-hydrogen) atoms. The molecule has 0 bridgehead atoms. The second-order valence-corrected chi connectivity index (χ2v) is 6.15. The summed E-state index contributed by atoms with van der Waals surface area (Å²) < 4.78 is 5.05. The van der Waals surface area contributed by atoms with Crippen LogP contribution in [0.1, 0.15) is 26.7 Å². The van der Waals surface area contributed by atoms with Crippen molar-refractivity contribution in [2.24, 2.45) is 5.41 Å². The highest BCUT2D eigenvalue weighted by Crippen LogP contribution is 2.41. The molecule has 1 spiro atoms. The molecule has 3 aliphatic rings. The van der Waals surface area contributed by atoms with Crippen molar-refractivity contribution in [3.8, 4) is 0 Å². The summed E-state index contributed by atoms with van der Waals surface area (Å²) in [6.45, 7) is 9.50. The maximum absolute atomic E-state index is 11.8. The van der Waals surface area contributed by atoms with Crippen molar-refractivity contribution < 1.29 is 9.53 Å². The molecule has 0 aromatic carbocycles. The van der Waals surface area contributed by atoms with E-state index in [0.717, 1.165) is 13.1 Å². The Labute approximate surface area is 103 Å². The molecule has 1 unspecified atom stereocenters. The fourth-order valence-corrected chi connectivity index (χ4v) is 3.14. The van der Waals surface area contributed by atoms with E-state index in [2.05, 4.69) is 18.7 Å². The van der Waals surface area contributed by atoms with Crippen molar-refractivity contribution in [3.05, 3.63) is 0 Å². The van der Waals surface area contributed by atoms with E-state index in [1.165, 1.54) is 25.9 Å². The Morgan fingerprint density at radius 2 is 1.88 bits per heavy atom. The lowest BCUT2D eigenvalue weighted by molar-refractivity contribution is -0.148. The number of amides is 1. The van der Waals surface area contributed by atoms with Gasteiger partial charge in [0, 0.05) is 24.5 Å². The van der Waals surface area contributed by atoms with Crippen molar-refractivity contribution in [1.29, 1.82) is 0 Å². The van der Waals surface area contributed by atoms with Gasteiger partial charge in [-0.3, -0.25) is 4.79 Å². The van der Waals surface area contributed by atoms with Gasteiger partial charge < -0.3 is 14.5 Å². The van der Waals surface area contributed by atoms with Crippen LogP contribution in [0.25, 0.3) is 0 Å². The van der Waals surface area contributed by atoms with Crippen LogP contribution in [-0.2, 0) is 9.53 Å². The molecule has 1 amide bonds. The number of rotatable bonds is 2. The molecule has 3 rings (SSSR count). The van der Waals surface area contributed by atoms with Crippen molar-refractivity contribution in [2.45, 2.75) is 38.8 Å². The first kappa shape index (κ1) is 11.5. The number of carbonyl (C=O) groups is 1. The third kappa shape index (κ3) is 2.08. The molecule has 0 radical (unpaired) electrons. The zero-order chi connectivity index (χ0) is 12.0. The minimum absolute atomic E-state index is 0.0943. The molecule has 0 aromatic heterocycles. The quantitative estimate of drug-likeness (QED) is 0.665. The van der Waals surface area contributed by atoms with E-state index >= 15 is 0 Å². The number of nitrogens with zero attached hydrogens (tertiary/aromatic N) is 2. The minimum Gasteiger partial charge on any atom is -0.363 e. The van der Waals surface area contributed by atoms with Gasteiger partial charge in [-0.2, -0.15) is 0 Å². The van der Waals surface area contributed by atoms with Crippen LogP contribution in [0.15, 0.2) is 0 Å². The normalized spacial score (nSPS) is 31.7. The molecule has 3 aliphatic heterocycles. The highest BCUT2D eigenvalue weighted by atomic mass is 16.6. The first-order valence-corrected chi connectivity index (χ1v) is 6.74. The van der Waals surface area contributed by atoms with Gasteiger partial charge in [0.1, 0.15) is 0 Å². The predicted octanol–water partition coefficient (Wildman–Crippen LogP) is 0.718. The van der Waals surface area contributed by atoms with Gasteiger partial charge in [-0.05, 0) is 39.8 Å². The summed E-state index contributed by atoms with van der Waals surface area (Å²) in [5, 5.41) is 0. The Morgan fingerprint density at radius 3 is 2.35 bits per heavy atom. The van der Waals surface area contributed by atoms with E-state index in [9.17, 15) is 4.79 Å². The van der Waals surface area contributed by atoms with Gasteiger partial charge in [0.05, 0.1) is 6.61 Å². The monoisotopic (exact) mass is 238 g/mol. The van der Waals surface area contributed by atoms with Crippen LogP contribution < -0.4 is 0 Å². The molecule has 3 heterocycles. The second-order valence-electron chi connectivity index (χ2n) is 6.15. The average Bonchev–Trinajstić information content (AvgIpc) is 3.08. The maximum atomic E-state index is 11.8. The molecule has 3 saturated heterocycles. The summed E-state index contributed by atoms with van der Waals surface area (Å²) in [5.74, 6) is 0.224. The fourth-order valence-electron chi connectivity index (χ4n) is 3.14. The van der Waals surface area contributed by atoms with Crippen LogP contribution in [0.4, 0.5) is 0 Å². The van der Waals surface area contributed by atoms with E-state index in [4.69, 9.17) is 4.74 Å². The third-order valence-electron chi connectivity index (χ3n) is 4.56. The number of epoxide rings is 1. The van der Waals surface area contributed by atoms with Crippen LogP contribution in [0.5, 0.6) is 0 Å². The zero-order valence-electron chi connectivity index (χ0n) is 10.8.